The van der Waals surface area contributed by atoms with Crippen molar-refractivity contribution in [1.29, 1.82) is 0 Å². The summed E-state index contributed by atoms with van der Waals surface area (Å²) < 4.78 is 0. The van der Waals surface area contributed by atoms with Gasteiger partial charge in [0.1, 0.15) is 0 Å². The van der Waals surface area contributed by atoms with Crippen molar-refractivity contribution in [3.8, 4) is 0 Å². The summed E-state index contributed by atoms with van der Waals surface area (Å²) in [5, 5.41) is 21.9. The molecule has 0 amide bonds. The quantitative estimate of drug-likeness (QED) is 0.586. The van der Waals surface area contributed by atoms with Gasteiger partial charge in [-0.05, 0) is 38.8 Å². The third kappa shape index (κ3) is 2.33. The van der Waals surface area contributed by atoms with Crippen molar-refractivity contribution in [2.75, 3.05) is 32.8 Å². The van der Waals surface area contributed by atoms with Gasteiger partial charge in [-0.2, -0.15) is 0 Å². The lowest BCUT2D eigenvalue weighted by Gasteiger charge is -2.47. The van der Waals surface area contributed by atoms with Gasteiger partial charge in [0, 0.05) is 12.6 Å². The lowest BCUT2D eigenvalue weighted by Crippen LogP contribution is -2.63. The van der Waals surface area contributed by atoms with Crippen molar-refractivity contribution >= 4 is 0 Å². The maximum atomic E-state index is 9.25. The van der Waals surface area contributed by atoms with Crippen molar-refractivity contribution in [2.24, 2.45) is 5.92 Å². The predicted molar refractivity (Wildman–Crippen MR) is 58.7 cm³/mol. The molecular formula is C11H22N2O2. The first-order valence-corrected chi connectivity index (χ1v) is 5.88. The molecule has 0 spiro atoms. The van der Waals surface area contributed by atoms with Crippen LogP contribution in [-0.4, -0.2) is 59.5 Å². The second-order valence-electron chi connectivity index (χ2n) is 5.27. The fraction of sp³-hybridized carbons (Fsp3) is 1.00. The fourth-order valence-electron chi connectivity index (χ4n) is 2.72. The molecule has 3 aliphatic heterocycles. The standard InChI is InChI=1S/C11H22N2O2/c1-11(7-14,8-15)12-10-6-13-4-2-9(10)3-5-13/h9-10,12,14-15H,2-8H2,1H3. The Balaban J connectivity index is 1.94. The van der Waals surface area contributed by atoms with E-state index in [4.69, 9.17) is 0 Å². The van der Waals surface area contributed by atoms with E-state index in [9.17, 15) is 10.2 Å². The van der Waals surface area contributed by atoms with Crippen LogP contribution in [0.2, 0.25) is 0 Å². The molecule has 1 unspecified atom stereocenters. The van der Waals surface area contributed by atoms with E-state index in [1.54, 1.807) is 0 Å². The van der Waals surface area contributed by atoms with Crippen molar-refractivity contribution < 1.29 is 10.2 Å². The summed E-state index contributed by atoms with van der Waals surface area (Å²) in [6.07, 6.45) is 2.51. The number of aliphatic hydroxyl groups excluding tert-OH is 2. The first-order chi connectivity index (χ1) is 7.17. The number of hydrogen-bond donors (Lipinski definition) is 3. The zero-order chi connectivity index (χ0) is 10.9. The van der Waals surface area contributed by atoms with Crippen LogP contribution in [0, 0.1) is 5.92 Å². The zero-order valence-electron chi connectivity index (χ0n) is 9.45. The molecule has 15 heavy (non-hydrogen) atoms. The van der Waals surface area contributed by atoms with E-state index in [2.05, 4.69) is 10.2 Å². The Bertz CT molecular complexity index is 211. The number of nitrogens with one attached hydrogen (secondary N) is 1. The van der Waals surface area contributed by atoms with Crippen LogP contribution in [0.4, 0.5) is 0 Å². The summed E-state index contributed by atoms with van der Waals surface area (Å²) in [5.74, 6) is 0.729. The molecule has 2 bridgehead atoms. The average molecular weight is 214 g/mol. The first-order valence-electron chi connectivity index (χ1n) is 5.88. The smallest absolute Gasteiger partial charge is 0.0633 e. The van der Waals surface area contributed by atoms with Crippen LogP contribution in [0.3, 0.4) is 0 Å². The largest absolute Gasteiger partial charge is 0.394 e. The molecule has 3 fully saturated rings. The van der Waals surface area contributed by atoms with Gasteiger partial charge in [-0.25, -0.2) is 0 Å². The Labute approximate surface area is 91.3 Å². The van der Waals surface area contributed by atoms with Crippen molar-refractivity contribution in [3.05, 3.63) is 0 Å². The molecule has 3 aliphatic rings. The van der Waals surface area contributed by atoms with Crippen molar-refractivity contribution in [1.82, 2.24) is 10.2 Å². The summed E-state index contributed by atoms with van der Waals surface area (Å²) in [5.41, 5.74) is -0.525. The van der Waals surface area contributed by atoms with Crippen LogP contribution in [0.25, 0.3) is 0 Å². The second-order valence-corrected chi connectivity index (χ2v) is 5.27. The minimum Gasteiger partial charge on any atom is -0.394 e. The summed E-state index contributed by atoms with van der Waals surface area (Å²) in [6.45, 7) is 5.37. The number of rotatable bonds is 4. The van der Waals surface area contributed by atoms with Gasteiger partial charge in [-0.15, -0.1) is 0 Å². The molecule has 3 saturated heterocycles. The molecule has 0 aromatic rings. The molecule has 3 heterocycles. The molecule has 4 nitrogen and oxygen atoms in total. The maximum absolute atomic E-state index is 9.25. The van der Waals surface area contributed by atoms with Gasteiger partial charge < -0.3 is 20.4 Å². The van der Waals surface area contributed by atoms with Gasteiger partial charge in [-0.1, -0.05) is 0 Å². The molecule has 3 rings (SSSR count). The highest BCUT2D eigenvalue weighted by molar-refractivity contribution is 4.95. The van der Waals surface area contributed by atoms with E-state index in [0.29, 0.717) is 6.04 Å². The van der Waals surface area contributed by atoms with Crippen LogP contribution in [0.1, 0.15) is 19.8 Å². The number of aliphatic hydroxyl groups is 2. The Morgan fingerprint density at radius 2 is 1.87 bits per heavy atom. The van der Waals surface area contributed by atoms with E-state index in [0.717, 1.165) is 12.5 Å². The van der Waals surface area contributed by atoms with Gasteiger partial charge in [0.2, 0.25) is 0 Å². The van der Waals surface area contributed by atoms with Gasteiger partial charge in [0.15, 0.2) is 0 Å². The van der Waals surface area contributed by atoms with Crippen molar-refractivity contribution in [3.63, 3.8) is 0 Å². The van der Waals surface area contributed by atoms with Crippen LogP contribution in [0.15, 0.2) is 0 Å². The molecule has 0 aromatic heterocycles. The van der Waals surface area contributed by atoms with Gasteiger partial charge in [0.25, 0.3) is 0 Å². The lowest BCUT2D eigenvalue weighted by molar-refractivity contribution is 0.0278. The summed E-state index contributed by atoms with van der Waals surface area (Å²) in [6, 6.07) is 0.441. The minimum absolute atomic E-state index is 0.00722. The van der Waals surface area contributed by atoms with E-state index in [1.807, 2.05) is 6.92 Å². The van der Waals surface area contributed by atoms with Crippen LogP contribution in [-0.2, 0) is 0 Å². The third-order valence-corrected chi connectivity index (χ3v) is 3.89. The lowest BCUT2D eigenvalue weighted by atomic mass is 9.82. The summed E-state index contributed by atoms with van der Waals surface area (Å²) in [4.78, 5) is 2.47. The normalized spacial score (nSPS) is 35.8. The number of nitrogens with zero attached hydrogens (tertiary/aromatic N) is 1. The van der Waals surface area contributed by atoms with Gasteiger partial charge in [-0.3, -0.25) is 0 Å². The molecule has 3 N–H and O–H groups in total. The van der Waals surface area contributed by atoms with Crippen LogP contribution < -0.4 is 5.32 Å². The molecule has 0 saturated carbocycles. The number of fused-ring (bicyclic) bond motifs is 3. The molecule has 0 aliphatic carbocycles. The summed E-state index contributed by atoms with van der Waals surface area (Å²) in [7, 11) is 0. The molecule has 0 aromatic carbocycles. The van der Waals surface area contributed by atoms with Gasteiger partial charge >= 0.3 is 0 Å². The Morgan fingerprint density at radius 3 is 2.27 bits per heavy atom. The van der Waals surface area contributed by atoms with Crippen LogP contribution >= 0.6 is 0 Å². The Kier molecular flexibility index (Phi) is 3.30. The first kappa shape index (κ1) is 11.3. The highest BCUT2D eigenvalue weighted by Crippen LogP contribution is 2.28. The molecule has 1 atom stereocenters. The second kappa shape index (κ2) is 4.37. The maximum Gasteiger partial charge on any atom is 0.0633 e. The highest BCUT2D eigenvalue weighted by atomic mass is 16.3. The summed E-state index contributed by atoms with van der Waals surface area (Å²) >= 11 is 0. The SMILES string of the molecule is CC(CO)(CO)NC1CN2CCC1CC2. The van der Waals surface area contributed by atoms with E-state index >= 15 is 0 Å². The Hall–Kier alpha value is -0.160. The average Bonchev–Trinajstić information content (AvgIpc) is 2.30. The van der Waals surface area contributed by atoms with E-state index in [1.165, 1.54) is 25.9 Å². The molecular weight excluding hydrogens is 192 g/mol. The minimum atomic E-state index is -0.525. The molecule has 4 heteroatoms. The fourth-order valence-corrected chi connectivity index (χ4v) is 2.72. The highest BCUT2D eigenvalue weighted by Gasteiger charge is 2.37. The molecule has 88 valence electrons. The van der Waals surface area contributed by atoms with E-state index < -0.39 is 5.54 Å². The molecule has 0 radical (unpaired) electrons. The topological polar surface area (TPSA) is 55.7 Å². The Morgan fingerprint density at radius 1 is 1.27 bits per heavy atom. The van der Waals surface area contributed by atoms with Crippen LogP contribution in [0.5, 0.6) is 0 Å². The van der Waals surface area contributed by atoms with Gasteiger partial charge in [0.05, 0.1) is 18.8 Å². The third-order valence-electron chi connectivity index (χ3n) is 3.89. The monoisotopic (exact) mass is 214 g/mol. The van der Waals surface area contributed by atoms with E-state index in [-0.39, 0.29) is 13.2 Å². The predicted octanol–water partition coefficient (Wildman–Crippen LogP) is -0.586. The zero-order valence-corrected chi connectivity index (χ0v) is 9.45. The number of piperidine rings is 3. The van der Waals surface area contributed by atoms with Crippen molar-refractivity contribution in [2.45, 2.75) is 31.3 Å². The number of hydrogen-bond acceptors (Lipinski definition) is 4.